The van der Waals surface area contributed by atoms with Crippen molar-refractivity contribution in [3.63, 3.8) is 0 Å². The van der Waals surface area contributed by atoms with Gasteiger partial charge in [0, 0.05) is 0 Å². The minimum atomic E-state index is -0.630. The second-order valence-corrected chi connectivity index (χ2v) is 1.59. The number of ether oxygens (including phenoxy) is 1. The summed E-state index contributed by atoms with van der Waals surface area (Å²) in [7, 11) is 1.22. The second-order valence-electron chi connectivity index (χ2n) is 1.59. The summed E-state index contributed by atoms with van der Waals surface area (Å²) in [6, 6.07) is 0. The van der Waals surface area contributed by atoms with E-state index in [1.807, 2.05) is 0 Å². The molecule has 0 bridgehead atoms. The zero-order chi connectivity index (χ0) is 7.56. The van der Waals surface area contributed by atoms with E-state index >= 15 is 0 Å². The van der Waals surface area contributed by atoms with Crippen LogP contribution in [0.15, 0.2) is 6.33 Å². The number of nitrogens with one attached hydrogen (secondary N) is 1. The number of aromatic nitrogens is 2. The fraction of sp³-hybridized carbons (Fsp3) is 0.200. The van der Waals surface area contributed by atoms with E-state index in [1.165, 1.54) is 13.4 Å². The van der Waals surface area contributed by atoms with Gasteiger partial charge < -0.3 is 21.0 Å². The monoisotopic (exact) mass is 159 g/mol. The standard InChI is InChI=1S/C5H6N2O3.H3N/c1-10-5(9)3-4(8)7-2-6-3;/h2,8H,1H3,(H,6,7);1H3. The Kier molecular flexibility index (Phi) is 3.06. The summed E-state index contributed by atoms with van der Waals surface area (Å²) in [4.78, 5) is 16.4. The molecule has 0 amide bonds. The van der Waals surface area contributed by atoms with Gasteiger partial charge in [-0.05, 0) is 0 Å². The minimum Gasteiger partial charge on any atom is -0.492 e. The molecule has 0 atom stereocenters. The number of imidazole rings is 1. The van der Waals surface area contributed by atoms with Gasteiger partial charge in [0.05, 0.1) is 13.4 Å². The highest BCUT2D eigenvalue weighted by Crippen LogP contribution is 2.09. The lowest BCUT2D eigenvalue weighted by Gasteiger charge is -1.92. The van der Waals surface area contributed by atoms with Gasteiger partial charge >= 0.3 is 5.97 Å². The topological polar surface area (TPSA) is 110 Å². The van der Waals surface area contributed by atoms with Gasteiger partial charge in [0.15, 0.2) is 5.69 Å². The molecule has 0 unspecified atom stereocenters. The van der Waals surface area contributed by atoms with E-state index in [-0.39, 0.29) is 17.7 Å². The summed E-state index contributed by atoms with van der Waals surface area (Å²) >= 11 is 0. The van der Waals surface area contributed by atoms with Crippen molar-refractivity contribution in [1.82, 2.24) is 16.1 Å². The molecular weight excluding hydrogens is 150 g/mol. The van der Waals surface area contributed by atoms with Crippen LogP contribution in [0.2, 0.25) is 0 Å². The molecule has 1 aromatic heterocycles. The van der Waals surface area contributed by atoms with E-state index in [4.69, 9.17) is 5.11 Å². The van der Waals surface area contributed by atoms with Crippen LogP contribution in [0.1, 0.15) is 10.5 Å². The molecule has 0 aliphatic heterocycles. The van der Waals surface area contributed by atoms with Gasteiger partial charge in [-0.15, -0.1) is 0 Å². The maximum absolute atomic E-state index is 10.6. The number of rotatable bonds is 1. The lowest BCUT2D eigenvalue weighted by atomic mass is 10.5. The fourth-order valence-electron chi connectivity index (χ4n) is 0.539. The zero-order valence-corrected chi connectivity index (χ0v) is 6.00. The van der Waals surface area contributed by atoms with E-state index < -0.39 is 5.97 Å². The third-order valence-corrected chi connectivity index (χ3v) is 1.01. The van der Waals surface area contributed by atoms with Crippen LogP contribution in [0.3, 0.4) is 0 Å². The normalized spacial score (nSPS) is 8.45. The number of H-pyrrole nitrogens is 1. The molecule has 0 radical (unpaired) electrons. The summed E-state index contributed by atoms with van der Waals surface area (Å²) in [6.45, 7) is 0. The first-order valence-corrected chi connectivity index (χ1v) is 2.56. The van der Waals surface area contributed by atoms with Gasteiger partial charge in [0.25, 0.3) is 0 Å². The van der Waals surface area contributed by atoms with Gasteiger partial charge in [0.1, 0.15) is 0 Å². The van der Waals surface area contributed by atoms with E-state index in [1.54, 1.807) is 0 Å². The van der Waals surface area contributed by atoms with E-state index in [0.717, 1.165) is 0 Å². The number of methoxy groups -OCH3 is 1. The van der Waals surface area contributed by atoms with Crippen LogP contribution in [0.4, 0.5) is 0 Å². The van der Waals surface area contributed by atoms with Crippen molar-refractivity contribution >= 4 is 5.97 Å². The number of hydrogen-bond acceptors (Lipinski definition) is 5. The molecule has 6 nitrogen and oxygen atoms in total. The SMILES string of the molecule is COC(=O)c1[nH]cnc1O.N. The van der Waals surface area contributed by atoms with Crippen molar-refractivity contribution in [2.75, 3.05) is 7.11 Å². The van der Waals surface area contributed by atoms with Crippen molar-refractivity contribution < 1.29 is 14.6 Å². The van der Waals surface area contributed by atoms with E-state index in [9.17, 15) is 4.79 Å². The first-order chi connectivity index (χ1) is 4.75. The Bertz CT molecular complexity index is 245. The molecular formula is C5H9N3O3. The number of esters is 1. The van der Waals surface area contributed by atoms with E-state index in [0.29, 0.717) is 0 Å². The Morgan fingerprint density at radius 3 is 2.82 bits per heavy atom. The molecule has 1 aromatic rings. The highest BCUT2D eigenvalue weighted by atomic mass is 16.5. The average Bonchev–Trinajstić information content (AvgIpc) is 2.34. The highest BCUT2D eigenvalue weighted by molar-refractivity contribution is 5.89. The van der Waals surface area contributed by atoms with Crippen molar-refractivity contribution in [1.29, 1.82) is 0 Å². The third kappa shape index (κ3) is 1.68. The summed E-state index contributed by atoms with van der Waals surface area (Å²) in [6.07, 6.45) is 1.21. The summed E-state index contributed by atoms with van der Waals surface area (Å²) < 4.78 is 4.31. The predicted molar refractivity (Wildman–Crippen MR) is 36.6 cm³/mol. The summed E-state index contributed by atoms with van der Waals surface area (Å²) in [5.74, 6) is -0.971. The van der Waals surface area contributed by atoms with Crippen LogP contribution in [-0.2, 0) is 4.74 Å². The van der Waals surface area contributed by atoms with Crippen molar-refractivity contribution in [3.05, 3.63) is 12.0 Å². The largest absolute Gasteiger partial charge is 0.492 e. The van der Waals surface area contributed by atoms with Crippen LogP contribution < -0.4 is 6.15 Å². The third-order valence-electron chi connectivity index (χ3n) is 1.01. The number of aromatic hydroxyl groups is 1. The Balaban J connectivity index is 0.000001000. The van der Waals surface area contributed by atoms with Gasteiger partial charge in [0.2, 0.25) is 5.88 Å². The molecule has 0 aliphatic rings. The van der Waals surface area contributed by atoms with Gasteiger partial charge in [-0.25, -0.2) is 9.78 Å². The maximum Gasteiger partial charge on any atom is 0.360 e. The number of carbonyl (C=O) groups excluding carboxylic acids is 1. The van der Waals surface area contributed by atoms with Crippen LogP contribution in [0.25, 0.3) is 0 Å². The van der Waals surface area contributed by atoms with Crippen LogP contribution in [0, 0.1) is 0 Å². The van der Waals surface area contributed by atoms with Crippen LogP contribution in [0.5, 0.6) is 5.88 Å². The Labute approximate surface area is 62.8 Å². The van der Waals surface area contributed by atoms with Crippen LogP contribution >= 0.6 is 0 Å². The molecule has 62 valence electrons. The molecule has 0 spiro atoms. The molecule has 5 N–H and O–H groups in total. The quantitative estimate of drug-likeness (QED) is 0.502. The molecule has 1 heterocycles. The fourth-order valence-corrected chi connectivity index (χ4v) is 0.539. The minimum absolute atomic E-state index is 0. The van der Waals surface area contributed by atoms with Crippen molar-refractivity contribution in [3.8, 4) is 5.88 Å². The van der Waals surface area contributed by atoms with Crippen molar-refractivity contribution in [2.24, 2.45) is 0 Å². The zero-order valence-electron chi connectivity index (χ0n) is 6.00. The molecule has 11 heavy (non-hydrogen) atoms. The molecule has 0 saturated heterocycles. The molecule has 0 aromatic carbocycles. The van der Waals surface area contributed by atoms with Gasteiger partial charge in [-0.2, -0.15) is 0 Å². The number of hydrogen-bond donors (Lipinski definition) is 3. The molecule has 0 fully saturated rings. The van der Waals surface area contributed by atoms with Gasteiger partial charge in [-0.3, -0.25) is 0 Å². The lowest BCUT2D eigenvalue weighted by molar-refractivity contribution is 0.0591. The van der Waals surface area contributed by atoms with E-state index in [2.05, 4.69) is 14.7 Å². The molecule has 6 heteroatoms. The smallest absolute Gasteiger partial charge is 0.360 e. The average molecular weight is 159 g/mol. The summed E-state index contributed by atoms with van der Waals surface area (Å²) in [5.41, 5.74) is -0.0255. The Hall–Kier alpha value is -1.56. The predicted octanol–water partition coefficient (Wildman–Crippen LogP) is 0.0639. The summed E-state index contributed by atoms with van der Waals surface area (Å²) in [5, 5.41) is 8.81. The van der Waals surface area contributed by atoms with Crippen LogP contribution in [-0.4, -0.2) is 28.2 Å². The molecule has 1 rings (SSSR count). The Morgan fingerprint density at radius 1 is 1.82 bits per heavy atom. The molecule has 0 saturated carbocycles. The number of carbonyl (C=O) groups is 1. The Morgan fingerprint density at radius 2 is 2.45 bits per heavy atom. The number of aromatic amines is 1. The highest BCUT2D eigenvalue weighted by Gasteiger charge is 2.12. The lowest BCUT2D eigenvalue weighted by Crippen LogP contribution is -2.01. The number of nitrogens with zero attached hydrogens (tertiary/aromatic N) is 1. The first-order valence-electron chi connectivity index (χ1n) is 2.56. The van der Waals surface area contributed by atoms with Gasteiger partial charge in [-0.1, -0.05) is 0 Å². The maximum atomic E-state index is 10.6. The first kappa shape index (κ1) is 9.44. The van der Waals surface area contributed by atoms with Crippen molar-refractivity contribution in [2.45, 2.75) is 0 Å². The second kappa shape index (κ2) is 3.57. The molecule has 0 aliphatic carbocycles.